The number of ether oxygens (including phenoxy) is 1. The number of nitro groups is 1. The molecule has 2 N–H and O–H groups in total. The Morgan fingerprint density at radius 3 is 2.95 bits per heavy atom. The van der Waals surface area contributed by atoms with Gasteiger partial charge in [0.1, 0.15) is 12.0 Å². The van der Waals surface area contributed by atoms with Crippen LogP contribution >= 0.6 is 0 Å². The van der Waals surface area contributed by atoms with Gasteiger partial charge in [-0.25, -0.2) is 4.98 Å². The highest BCUT2D eigenvalue weighted by Crippen LogP contribution is 2.17. The normalized spacial score (nSPS) is 15.9. The fraction of sp³-hybridized carbons (Fsp3) is 0.643. The molecule has 0 amide bonds. The van der Waals surface area contributed by atoms with Crippen LogP contribution < -0.4 is 10.6 Å². The van der Waals surface area contributed by atoms with Gasteiger partial charge in [-0.2, -0.15) is 0 Å². The average Bonchev–Trinajstić information content (AvgIpc) is 2.49. The number of piperidine rings is 1. The third-order valence-electron chi connectivity index (χ3n) is 3.53. The smallest absolute Gasteiger partial charge is 0.287 e. The van der Waals surface area contributed by atoms with Crippen molar-refractivity contribution in [3.8, 4) is 0 Å². The molecule has 1 aliphatic rings. The summed E-state index contributed by atoms with van der Waals surface area (Å²) in [6.45, 7) is 5.36. The van der Waals surface area contributed by atoms with Gasteiger partial charge < -0.3 is 15.4 Å². The molecule has 2 rings (SSSR count). The quantitative estimate of drug-likeness (QED) is 0.453. The number of aryl methyl sites for hydroxylation is 1. The lowest BCUT2D eigenvalue weighted by Gasteiger charge is -2.22. The van der Waals surface area contributed by atoms with Crippen molar-refractivity contribution in [2.24, 2.45) is 0 Å². The van der Waals surface area contributed by atoms with Gasteiger partial charge in [-0.3, -0.25) is 10.1 Å². The van der Waals surface area contributed by atoms with E-state index in [1.807, 2.05) is 6.92 Å². The first-order chi connectivity index (χ1) is 10.2. The van der Waals surface area contributed by atoms with Crippen LogP contribution in [0.15, 0.2) is 12.3 Å². The van der Waals surface area contributed by atoms with Gasteiger partial charge >= 0.3 is 0 Å². The first-order valence-corrected chi connectivity index (χ1v) is 7.34. The Balaban J connectivity index is 1.67. The van der Waals surface area contributed by atoms with Crippen LogP contribution in [-0.4, -0.2) is 42.3 Å². The first-order valence-electron chi connectivity index (χ1n) is 7.34. The lowest BCUT2D eigenvalue weighted by Crippen LogP contribution is -2.32. The third kappa shape index (κ3) is 4.95. The molecular formula is C14H22N4O3. The molecule has 1 fully saturated rings. The summed E-state index contributed by atoms with van der Waals surface area (Å²) in [5.41, 5.74) is 0.802. The van der Waals surface area contributed by atoms with E-state index in [0.29, 0.717) is 11.9 Å². The molecule has 0 radical (unpaired) electrons. The van der Waals surface area contributed by atoms with E-state index in [9.17, 15) is 10.1 Å². The number of aromatic nitrogens is 1. The van der Waals surface area contributed by atoms with E-state index in [1.165, 1.54) is 12.3 Å². The van der Waals surface area contributed by atoms with E-state index in [4.69, 9.17) is 4.74 Å². The minimum absolute atomic E-state index is 0.0206. The fourth-order valence-corrected chi connectivity index (χ4v) is 2.34. The molecule has 2 heterocycles. The second-order valence-corrected chi connectivity index (χ2v) is 5.22. The predicted octanol–water partition coefficient (Wildman–Crippen LogP) is 1.87. The molecule has 7 nitrogen and oxygen atoms in total. The van der Waals surface area contributed by atoms with Crippen LogP contribution in [0.4, 0.5) is 11.5 Å². The van der Waals surface area contributed by atoms with Crippen LogP contribution in [0.1, 0.15) is 24.8 Å². The van der Waals surface area contributed by atoms with Crippen LogP contribution in [0.3, 0.4) is 0 Å². The maximum Gasteiger partial charge on any atom is 0.287 e. The Kier molecular flexibility index (Phi) is 5.89. The van der Waals surface area contributed by atoms with Gasteiger partial charge in [0.25, 0.3) is 5.69 Å². The van der Waals surface area contributed by atoms with Crippen molar-refractivity contribution in [3.63, 3.8) is 0 Å². The molecule has 0 aliphatic carbocycles. The molecule has 21 heavy (non-hydrogen) atoms. The zero-order valence-corrected chi connectivity index (χ0v) is 12.3. The lowest BCUT2D eigenvalue weighted by molar-refractivity contribution is -0.385. The molecule has 0 atom stereocenters. The Morgan fingerprint density at radius 2 is 2.29 bits per heavy atom. The SMILES string of the molecule is Cc1cc([N+](=O)[O-])cnc1NCCCOC1CCNCC1. The number of rotatable bonds is 7. The summed E-state index contributed by atoms with van der Waals surface area (Å²) in [6, 6.07) is 1.53. The van der Waals surface area contributed by atoms with Gasteiger partial charge in [0, 0.05) is 19.2 Å². The molecule has 1 aromatic heterocycles. The molecule has 7 heteroatoms. The maximum absolute atomic E-state index is 10.6. The van der Waals surface area contributed by atoms with E-state index in [2.05, 4.69) is 15.6 Å². The number of nitrogens with zero attached hydrogens (tertiary/aromatic N) is 2. The number of hydrogen-bond donors (Lipinski definition) is 2. The predicted molar refractivity (Wildman–Crippen MR) is 80.6 cm³/mol. The largest absolute Gasteiger partial charge is 0.378 e. The second-order valence-electron chi connectivity index (χ2n) is 5.22. The van der Waals surface area contributed by atoms with Crippen LogP contribution in [-0.2, 0) is 4.74 Å². The van der Waals surface area contributed by atoms with E-state index in [-0.39, 0.29) is 5.69 Å². The second kappa shape index (κ2) is 7.90. The molecule has 0 spiro atoms. The minimum Gasteiger partial charge on any atom is -0.378 e. The average molecular weight is 294 g/mol. The Morgan fingerprint density at radius 1 is 1.52 bits per heavy atom. The number of hydrogen-bond acceptors (Lipinski definition) is 6. The molecule has 0 unspecified atom stereocenters. The molecular weight excluding hydrogens is 272 g/mol. The molecule has 0 saturated carbocycles. The zero-order valence-electron chi connectivity index (χ0n) is 12.3. The highest BCUT2D eigenvalue weighted by Gasteiger charge is 2.12. The Labute approximate surface area is 124 Å². The fourth-order valence-electron chi connectivity index (χ4n) is 2.34. The van der Waals surface area contributed by atoms with E-state index in [0.717, 1.165) is 51.1 Å². The number of anilines is 1. The van der Waals surface area contributed by atoms with Crippen LogP contribution in [0.25, 0.3) is 0 Å². The van der Waals surface area contributed by atoms with Crippen molar-refractivity contribution in [2.45, 2.75) is 32.3 Å². The molecule has 1 aromatic rings. The lowest BCUT2D eigenvalue weighted by atomic mass is 10.1. The summed E-state index contributed by atoms with van der Waals surface area (Å²) >= 11 is 0. The van der Waals surface area contributed by atoms with Crippen molar-refractivity contribution in [1.29, 1.82) is 0 Å². The summed E-state index contributed by atoms with van der Waals surface area (Å²) in [4.78, 5) is 14.3. The van der Waals surface area contributed by atoms with Gasteiger partial charge in [-0.1, -0.05) is 0 Å². The summed E-state index contributed by atoms with van der Waals surface area (Å²) in [5.74, 6) is 0.697. The maximum atomic E-state index is 10.6. The van der Waals surface area contributed by atoms with E-state index < -0.39 is 4.92 Å². The minimum atomic E-state index is -0.434. The molecule has 116 valence electrons. The zero-order chi connectivity index (χ0) is 15.1. The molecule has 1 aliphatic heterocycles. The van der Waals surface area contributed by atoms with E-state index in [1.54, 1.807) is 0 Å². The topological polar surface area (TPSA) is 89.3 Å². The Bertz CT molecular complexity index is 475. The number of nitrogens with one attached hydrogen (secondary N) is 2. The third-order valence-corrected chi connectivity index (χ3v) is 3.53. The van der Waals surface area contributed by atoms with E-state index >= 15 is 0 Å². The highest BCUT2D eigenvalue weighted by atomic mass is 16.6. The summed E-state index contributed by atoms with van der Waals surface area (Å²) in [6.07, 6.45) is 4.71. The standard InChI is InChI=1S/C14H22N4O3/c1-11-9-12(18(19)20)10-17-14(11)16-5-2-8-21-13-3-6-15-7-4-13/h9-10,13,15H,2-8H2,1H3,(H,16,17). The van der Waals surface area contributed by atoms with Gasteiger partial charge in [0.15, 0.2) is 0 Å². The van der Waals surface area contributed by atoms with Crippen molar-refractivity contribution in [2.75, 3.05) is 31.6 Å². The Hall–Kier alpha value is -1.73. The van der Waals surface area contributed by atoms with Crippen LogP contribution in [0, 0.1) is 17.0 Å². The van der Waals surface area contributed by atoms with Crippen LogP contribution in [0.5, 0.6) is 0 Å². The highest BCUT2D eigenvalue weighted by molar-refractivity contribution is 5.48. The summed E-state index contributed by atoms with van der Waals surface area (Å²) in [5, 5.41) is 17.1. The first kappa shape index (κ1) is 15.7. The summed E-state index contributed by atoms with van der Waals surface area (Å²) < 4.78 is 5.81. The number of pyridine rings is 1. The van der Waals surface area contributed by atoms with Gasteiger partial charge in [-0.15, -0.1) is 0 Å². The van der Waals surface area contributed by atoms with Gasteiger partial charge in [-0.05, 0) is 44.8 Å². The van der Waals surface area contributed by atoms with Crippen molar-refractivity contribution < 1.29 is 9.66 Å². The van der Waals surface area contributed by atoms with Gasteiger partial charge in [0.2, 0.25) is 0 Å². The van der Waals surface area contributed by atoms with Gasteiger partial charge in [0.05, 0.1) is 11.0 Å². The van der Waals surface area contributed by atoms with Crippen LogP contribution in [0.2, 0.25) is 0 Å². The molecule has 1 saturated heterocycles. The monoisotopic (exact) mass is 294 g/mol. The van der Waals surface area contributed by atoms with Crippen molar-refractivity contribution >= 4 is 11.5 Å². The van der Waals surface area contributed by atoms with Crippen molar-refractivity contribution in [1.82, 2.24) is 10.3 Å². The van der Waals surface area contributed by atoms with Crippen molar-refractivity contribution in [3.05, 3.63) is 27.9 Å². The summed E-state index contributed by atoms with van der Waals surface area (Å²) in [7, 11) is 0. The molecule has 0 bridgehead atoms. The molecule has 0 aromatic carbocycles.